The van der Waals surface area contributed by atoms with Crippen LogP contribution in [-0.4, -0.2) is 23.8 Å². The summed E-state index contributed by atoms with van der Waals surface area (Å²) in [6.07, 6.45) is 0.682. The van der Waals surface area contributed by atoms with E-state index in [1.807, 2.05) is 29.6 Å². The van der Waals surface area contributed by atoms with Crippen LogP contribution in [0.25, 0.3) is 11.5 Å². The first-order valence-electron chi connectivity index (χ1n) is 5.13. The SMILES string of the molecule is CNCCc1nnc(-c2ccc(F)cc2I)o1. The van der Waals surface area contributed by atoms with Crippen molar-refractivity contribution >= 4 is 22.6 Å². The lowest BCUT2D eigenvalue weighted by molar-refractivity contribution is 0.499. The van der Waals surface area contributed by atoms with E-state index in [2.05, 4.69) is 15.5 Å². The largest absolute Gasteiger partial charge is 0.421 e. The summed E-state index contributed by atoms with van der Waals surface area (Å²) < 4.78 is 19.2. The van der Waals surface area contributed by atoms with Gasteiger partial charge in [0.2, 0.25) is 11.8 Å². The average Bonchev–Trinajstić information content (AvgIpc) is 2.75. The Labute approximate surface area is 112 Å². The molecule has 2 rings (SSSR count). The highest BCUT2D eigenvalue weighted by Crippen LogP contribution is 2.24. The Morgan fingerprint density at radius 1 is 1.41 bits per heavy atom. The van der Waals surface area contributed by atoms with E-state index in [0.29, 0.717) is 18.2 Å². The van der Waals surface area contributed by atoms with Crippen molar-refractivity contribution in [3.63, 3.8) is 0 Å². The first-order valence-corrected chi connectivity index (χ1v) is 6.21. The number of benzene rings is 1. The molecule has 0 atom stereocenters. The minimum atomic E-state index is -0.270. The molecule has 1 N–H and O–H groups in total. The van der Waals surface area contributed by atoms with E-state index in [1.165, 1.54) is 12.1 Å². The zero-order chi connectivity index (χ0) is 12.3. The summed E-state index contributed by atoms with van der Waals surface area (Å²) in [7, 11) is 1.86. The van der Waals surface area contributed by atoms with Gasteiger partial charge in [-0.3, -0.25) is 0 Å². The molecule has 0 spiro atoms. The van der Waals surface area contributed by atoms with Gasteiger partial charge in [-0.25, -0.2) is 4.39 Å². The topological polar surface area (TPSA) is 51.0 Å². The zero-order valence-corrected chi connectivity index (χ0v) is 11.4. The summed E-state index contributed by atoms with van der Waals surface area (Å²) in [5, 5.41) is 10.9. The van der Waals surface area contributed by atoms with Crippen LogP contribution in [0.1, 0.15) is 5.89 Å². The number of nitrogens with zero attached hydrogens (tertiary/aromatic N) is 2. The second-order valence-electron chi connectivity index (χ2n) is 3.48. The first kappa shape index (κ1) is 12.4. The predicted molar refractivity (Wildman–Crippen MR) is 70.0 cm³/mol. The minimum absolute atomic E-state index is 0.270. The van der Waals surface area contributed by atoms with Gasteiger partial charge in [-0.05, 0) is 47.8 Å². The van der Waals surface area contributed by atoms with Crippen LogP contribution in [0.2, 0.25) is 0 Å². The minimum Gasteiger partial charge on any atom is -0.421 e. The van der Waals surface area contributed by atoms with E-state index in [4.69, 9.17) is 4.42 Å². The van der Waals surface area contributed by atoms with Crippen molar-refractivity contribution in [3.8, 4) is 11.5 Å². The van der Waals surface area contributed by atoms with Gasteiger partial charge in [-0.1, -0.05) is 0 Å². The van der Waals surface area contributed by atoms with Crippen LogP contribution in [0.15, 0.2) is 22.6 Å². The molecule has 0 aliphatic rings. The fourth-order valence-electron chi connectivity index (χ4n) is 1.36. The molecule has 6 heteroatoms. The van der Waals surface area contributed by atoms with E-state index in [1.54, 1.807) is 6.07 Å². The third kappa shape index (κ3) is 3.01. The second-order valence-corrected chi connectivity index (χ2v) is 4.64. The molecule has 1 aromatic heterocycles. The highest BCUT2D eigenvalue weighted by Gasteiger charge is 2.11. The van der Waals surface area contributed by atoms with Crippen LogP contribution < -0.4 is 5.32 Å². The summed E-state index contributed by atoms with van der Waals surface area (Å²) in [5.41, 5.74) is 0.759. The van der Waals surface area contributed by atoms with Crippen molar-refractivity contribution in [1.29, 1.82) is 0 Å². The second kappa shape index (κ2) is 5.54. The molecule has 0 unspecified atom stereocenters. The fraction of sp³-hybridized carbons (Fsp3) is 0.273. The number of nitrogens with one attached hydrogen (secondary N) is 1. The van der Waals surface area contributed by atoms with Crippen molar-refractivity contribution in [2.75, 3.05) is 13.6 Å². The maximum atomic E-state index is 13.0. The lowest BCUT2D eigenvalue weighted by Gasteiger charge is -1.98. The number of likely N-dealkylation sites (N-methyl/N-ethyl adjacent to an activating group) is 1. The van der Waals surface area contributed by atoms with E-state index in [9.17, 15) is 4.39 Å². The number of aromatic nitrogens is 2. The Balaban J connectivity index is 2.24. The summed E-state index contributed by atoms with van der Waals surface area (Å²) in [4.78, 5) is 0. The van der Waals surface area contributed by atoms with Gasteiger partial charge in [0.25, 0.3) is 0 Å². The Bertz CT molecular complexity index is 515. The summed E-state index contributed by atoms with van der Waals surface area (Å²) >= 11 is 2.05. The average molecular weight is 347 g/mol. The normalized spacial score (nSPS) is 10.8. The monoisotopic (exact) mass is 347 g/mol. The van der Waals surface area contributed by atoms with Crippen molar-refractivity contribution in [2.45, 2.75) is 6.42 Å². The molecule has 4 nitrogen and oxygen atoms in total. The Hall–Kier alpha value is -1.02. The van der Waals surface area contributed by atoms with Gasteiger partial charge < -0.3 is 9.73 Å². The molecule has 2 aromatic rings. The van der Waals surface area contributed by atoms with Gasteiger partial charge in [0, 0.05) is 16.5 Å². The van der Waals surface area contributed by atoms with Gasteiger partial charge in [0.1, 0.15) is 5.82 Å². The van der Waals surface area contributed by atoms with Crippen LogP contribution >= 0.6 is 22.6 Å². The molecule has 17 heavy (non-hydrogen) atoms. The van der Waals surface area contributed by atoms with Crippen molar-refractivity contribution < 1.29 is 8.81 Å². The molecular weight excluding hydrogens is 336 g/mol. The standard InChI is InChI=1S/C11H11FIN3O/c1-14-5-4-10-15-16-11(17-10)8-3-2-7(12)6-9(8)13/h2-3,6,14H,4-5H2,1H3. The predicted octanol–water partition coefficient (Wildman–Crippen LogP) is 2.24. The number of hydrogen-bond acceptors (Lipinski definition) is 4. The van der Waals surface area contributed by atoms with Crippen LogP contribution in [-0.2, 0) is 6.42 Å². The molecule has 0 saturated carbocycles. The Kier molecular flexibility index (Phi) is 4.06. The van der Waals surface area contributed by atoms with Gasteiger partial charge in [0.15, 0.2) is 0 Å². The highest BCUT2D eigenvalue weighted by molar-refractivity contribution is 14.1. The molecule has 0 saturated heterocycles. The lowest BCUT2D eigenvalue weighted by Crippen LogP contribution is -2.10. The highest BCUT2D eigenvalue weighted by atomic mass is 127. The van der Waals surface area contributed by atoms with Crippen LogP contribution in [0.3, 0.4) is 0 Å². The van der Waals surface area contributed by atoms with Crippen LogP contribution in [0, 0.1) is 9.39 Å². The van der Waals surface area contributed by atoms with Crippen LogP contribution in [0.4, 0.5) is 4.39 Å². The van der Waals surface area contributed by atoms with Gasteiger partial charge in [0.05, 0.1) is 5.56 Å². The molecule has 0 amide bonds. The fourth-order valence-corrected chi connectivity index (χ4v) is 2.07. The quantitative estimate of drug-likeness (QED) is 0.862. The molecule has 0 aliphatic heterocycles. The third-order valence-electron chi connectivity index (χ3n) is 2.22. The number of rotatable bonds is 4. The molecule has 1 aromatic carbocycles. The number of hydrogen-bond donors (Lipinski definition) is 1. The van der Waals surface area contributed by atoms with E-state index >= 15 is 0 Å². The maximum absolute atomic E-state index is 13.0. The van der Waals surface area contributed by atoms with Crippen molar-refractivity contribution in [2.24, 2.45) is 0 Å². The molecule has 90 valence electrons. The third-order valence-corrected chi connectivity index (χ3v) is 3.11. The molecule has 0 radical (unpaired) electrons. The van der Waals surface area contributed by atoms with E-state index in [0.717, 1.165) is 15.7 Å². The molecular formula is C11H11FIN3O. The van der Waals surface area contributed by atoms with Gasteiger partial charge >= 0.3 is 0 Å². The smallest absolute Gasteiger partial charge is 0.248 e. The molecule has 0 aliphatic carbocycles. The number of halogens is 2. The lowest BCUT2D eigenvalue weighted by atomic mass is 10.2. The van der Waals surface area contributed by atoms with Crippen molar-refractivity contribution in [3.05, 3.63) is 33.5 Å². The van der Waals surface area contributed by atoms with Gasteiger partial charge in [-0.15, -0.1) is 10.2 Å². The Morgan fingerprint density at radius 2 is 2.24 bits per heavy atom. The molecule has 0 bridgehead atoms. The zero-order valence-electron chi connectivity index (χ0n) is 9.20. The van der Waals surface area contributed by atoms with Crippen LogP contribution in [0.5, 0.6) is 0 Å². The Morgan fingerprint density at radius 3 is 2.94 bits per heavy atom. The molecule has 0 fully saturated rings. The van der Waals surface area contributed by atoms with Crippen molar-refractivity contribution in [1.82, 2.24) is 15.5 Å². The summed E-state index contributed by atoms with van der Waals surface area (Å²) in [6, 6.07) is 4.47. The van der Waals surface area contributed by atoms with E-state index < -0.39 is 0 Å². The first-order chi connectivity index (χ1) is 8.20. The maximum Gasteiger partial charge on any atom is 0.248 e. The molecule has 1 heterocycles. The summed E-state index contributed by atoms with van der Waals surface area (Å²) in [5.74, 6) is 0.739. The summed E-state index contributed by atoms with van der Waals surface area (Å²) in [6.45, 7) is 0.780. The van der Waals surface area contributed by atoms with Gasteiger partial charge in [-0.2, -0.15) is 0 Å². The van der Waals surface area contributed by atoms with E-state index in [-0.39, 0.29) is 5.82 Å².